The molecule has 1 aliphatic rings. The van der Waals surface area contributed by atoms with Gasteiger partial charge in [0.25, 0.3) is 0 Å². The molecule has 0 spiro atoms. The van der Waals surface area contributed by atoms with E-state index >= 15 is 0 Å². The molecule has 1 aliphatic carbocycles. The predicted octanol–water partition coefficient (Wildman–Crippen LogP) is 10.2. The van der Waals surface area contributed by atoms with Gasteiger partial charge in [0, 0.05) is 0 Å². The average molecular weight is 649 g/mol. The highest BCUT2D eigenvalue weighted by molar-refractivity contribution is 5.86. The second-order valence-corrected chi connectivity index (χ2v) is 14.1. The summed E-state index contributed by atoms with van der Waals surface area (Å²) in [4.78, 5) is 12.6. The maximum atomic E-state index is 12.6. The van der Waals surface area contributed by atoms with Crippen molar-refractivity contribution >= 4 is 5.97 Å². The maximum Gasteiger partial charge on any atom is 0.311 e. The molecule has 0 saturated heterocycles. The molecule has 5 nitrogen and oxygen atoms in total. The van der Waals surface area contributed by atoms with Crippen molar-refractivity contribution in [2.75, 3.05) is 26.4 Å². The van der Waals surface area contributed by atoms with Crippen LogP contribution in [0, 0.1) is 5.41 Å². The Bertz CT molecular complexity index is 1590. The number of ether oxygens (including phenoxy) is 4. The first-order chi connectivity index (χ1) is 23.1. The number of hydrogen-bond acceptors (Lipinski definition) is 5. The lowest BCUT2D eigenvalue weighted by Crippen LogP contribution is -2.28. The van der Waals surface area contributed by atoms with E-state index in [0.29, 0.717) is 19.8 Å². The Labute approximate surface area is 287 Å². The smallest absolute Gasteiger partial charge is 0.311 e. The van der Waals surface area contributed by atoms with E-state index in [1.165, 1.54) is 27.8 Å². The minimum absolute atomic E-state index is 0.143. The van der Waals surface area contributed by atoms with Crippen LogP contribution >= 0.6 is 0 Å². The van der Waals surface area contributed by atoms with Crippen molar-refractivity contribution in [1.82, 2.24) is 0 Å². The molecule has 0 saturated carbocycles. The SMILES string of the molecule is CCCCC(C)(C)C(=O)OCCOc1ccc(C2(c3ccc(OCCOC(C)(C)CCC)cc3)c3ccccc3-c3ccccc32)cc1. The fourth-order valence-electron chi connectivity index (χ4n) is 6.99. The third-order valence-electron chi connectivity index (χ3n) is 9.52. The summed E-state index contributed by atoms with van der Waals surface area (Å²) in [6, 6.07) is 34.3. The van der Waals surface area contributed by atoms with E-state index < -0.39 is 10.8 Å². The van der Waals surface area contributed by atoms with Crippen molar-refractivity contribution < 1.29 is 23.7 Å². The van der Waals surface area contributed by atoms with E-state index in [1.54, 1.807) is 0 Å². The molecule has 0 fully saturated rings. The van der Waals surface area contributed by atoms with Gasteiger partial charge in [-0.05, 0) is 98.2 Å². The van der Waals surface area contributed by atoms with Crippen molar-refractivity contribution in [2.45, 2.75) is 84.7 Å². The molecule has 0 aromatic heterocycles. The Balaban J connectivity index is 1.36. The van der Waals surface area contributed by atoms with Crippen LogP contribution in [-0.2, 0) is 19.7 Å². The van der Waals surface area contributed by atoms with E-state index in [9.17, 15) is 4.79 Å². The molecule has 0 bridgehead atoms. The quantitative estimate of drug-likeness (QED) is 0.0742. The Hall–Kier alpha value is -4.09. The van der Waals surface area contributed by atoms with Gasteiger partial charge in [0.1, 0.15) is 31.3 Å². The third-order valence-corrected chi connectivity index (χ3v) is 9.52. The average Bonchev–Trinajstić information content (AvgIpc) is 3.39. The van der Waals surface area contributed by atoms with Gasteiger partial charge in [-0.25, -0.2) is 0 Å². The number of carbonyl (C=O) groups excluding carboxylic acids is 1. The first-order valence-corrected chi connectivity index (χ1v) is 17.6. The molecule has 0 N–H and O–H groups in total. The zero-order chi connectivity index (χ0) is 34.2. The van der Waals surface area contributed by atoms with Crippen LogP contribution in [0.25, 0.3) is 11.1 Å². The minimum Gasteiger partial charge on any atom is -0.491 e. The van der Waals surface area contributed by atoms with Gasteiger partial charge in [-0.1, -0.05) is 106 Å². The standard InChI is InChI=1S/C43H52O5/c1-7-9-27-41(3,4)40(44)47-29-28-45-34-22-18-32(19-23-34)43(38-16-12-10-14-36(38)37-15-11-13-17-39(37)43)33-20-24-35(25-21-33)46-30-31-48-42(5,6)26-8-2/h10-25H,7-9,26-31H2,1-6H3. The van der Waals surface area contributed by atoms with Crippen molar-refractivity contribution in [3.05, 3.63) is 119 Å². The molecule has 0 aliphatic heterocycles. The van der Waals surface area contributed by atoms with Crippen molar-refractivity contribution in [2.24, 2.45) is 5.41 Å². The summed E-state index contributed by atoms with van der Waals surface area (Å²) in [5.41, 5.74) is 6.15. The van der Waals surface area contributed by atoms with Crippen molar-refractivity contribution in [3.63, 3.8) is 0 Å². The zero-order valence-corrected chi connectivity index (χ0v) is 29.6. The van der Waals surface area contributed by atoms with Gasteiger partial charge in [0.15, 0.2) is 0 Å². The largest absolute Gasteiger partial charge is 0.491 e. The van der Waals surface area contributed by atoms with Crippen LogP contribution in [0.15, 0.2) is 97.1 Å². The molecule has 254 valence electrons. The van der Waals surface area contributed by atoms with Crippen LogP contribution in [0.2, 0.25) is 0 Å². The molecule has 5 heteroatoms. The van der Waals surface area contributed by atoms with E-state index in [-0.39, 0.29) is 18.2 Å². The second-order valence-electron chi connectivity index (χ2n) is 14.1. The van der Waals surface area contributed by atoms with E-state index in [1.807, 2.05) is 26.0 Å². The van der Waals surface area contributed by atoms with Crippen LogP contribution in [0.1, 0.15) is 95.9 Å². The normalized spacial score (nSPS) is 13.5. The summed E-state index contributed by atoms with van der Waals surface area (Å²) in [7, 11) is 0. The molecule has 0 amide bonds. The highest BCUT2D eigenvalue weighted by atomic mass is 16.6. The lowest BCUT2D eigenvalue weighted by Gasteiger charge is -2.34. The van der Waals surface area contributed by atoms with Crippen LogP contribution < -0.4 is 9.47 Å². The molecular formula is C43H52O5. The van der Waals surface area contributed by atoms with E-state index in [4.69, 9.17) is 18.9 Å². The van der Waals surface area contributed by atoms with Gasteiger partial charge in [0.2, 0.25) is 0 Å². The fraction of sp³-hybridized carbons (Fsp3) is 0.419. The monoisotopic (exact) mass is 648 g/mol. The van der Waals surface area contributed by atoms with Crippen LogP contribution in [0.4, 0.5) is 0 Å². The fourth-order valence-corrected chi connectivity index (χ4v) is 6.99. The first kappa shape index (κ1) is 35.2. The third kappa shape index (κ3) is 7.63. The molecular weight excluding hydrogens is 596 g/mol. The number of benzene rings is 4. The molecule has 0 heterocycles. The summed E-state index contributed by atoms with van der Waals surface area (Å²) in [6.45, 7) is 14.0. The van der Waals surface area contributed by atoms with Crippen molar-refractivity contribution in [3.8, 4) is 22.6 Å². The van der Waals surface area contributed by atoms with Gasteiger partial charge in [0.05, 0.1) is 23.0 Å². The van der Waals surface area contributed by atoms with Crippen LogP contribution in [0.5, 0.6) is 11.5 Å². The number of esters is 1. The molecule has 4 aromatic carbocycles. The Morgan fingerprint density at radius 3 is 1.60 bits per heavy atom. The van der Waals surface area contributed by atoms with Gasteiger partial charge >= 0.3 is 5.97 Å². The lowest BCUT2D eigenvalue weighted by atomic mass is 9.68. The Morgan fingerprint density at radius 2 is 1.10 bits per heavy atom. The number of unbranched alkanes of at least 4 members (excludes halogenated alkanes) is 1. The highest BCUT2D eigenvalue weighted by Gasteiger charge is 2.45. The summed E-state index contributed by atoms with van der Waals surface area (Å²) in [5.74, 6) is 1.39. The number of fused-ring (bicyclic) bond motifs is 3. The van der Waals surface area contributed by atoms with Crippen LogP contribution in [0.3, 0.4) is 0 Å². The van der Waals surface area contributed by atoms with Gasteiger partial charge < -0.3 is 18.9 Å². The maximum absolute atomic E-state index is 12.6. The second kappa shape index (κ2) is 15.4. The van der Waals surface area contributed by atoms with E-state index in [2.05, 4.69) is 113 Å². The molecule has 0 radical (unpaired) electrons. The minimum atomic E-state index is -0.517. The molecule has 0 unspecified atom stereocenters. The number of rotatable bonds is 17. The van der Waals surface area contributed by atoms with Gasteiger partial charge in [-0.2, -0.15) is 0 Å². The lowest BCUT2D eigenvalue weighted by molar-refractivity contribution is -0.155. The molecule has 5 rings (SSSR count). The number of hydrogen-bond donors (Lipinski definition) is 0. The van der Waals surface area contributed by atoms with E-state index in [0.717, 1.165) is 49.2 Å². The summed E-state index contributed by atoms with van der Waals surface area (Å²) < 4.78 is 23.8. The predicted molar refractivity (Wildman–Crippen MR) is 194 cm³/mol. The topological polar surface area (TPSA) is 54.0 Å². The zero-order valence-electron chi connectivity index (χ0n) is 29.6. The summed E-state index contributed by atoms with van der Waals surface area (Å²) in [5, 5.41) is 0. The first-order valence-electron chi connectivity index (χ1n) is 17.6. The molecule has 0 atom stereocenters. The van der Waals surface area contributed by atoms with Crippen LogP contribution in [-0.4, -0.2) is 38.0 Å². The Morgan fingerprint density at radius 1 is 0.604 bits per heavy atom. The van der Waals surface area contributed by atoms with Crippen molar-refractivity contribution in [1.29, 1.82) is 0 Å². The molecule has 4 aromatic rings. The molecule has 48 heavy (non-hydrogen) atoms. The highest BCUT2D eigenvalue weighted by Crippen LogP contribution is 2.56. The Kier molecular flexibility index (Phi) is 11.3. The summed E-state index contributed by atoms with van der Waals surface area (Å²) >= 11 is 0. The summed E-state index contributed by atoms with van der Waals surface area (Å²) in [6.07, 6.45) is 5.00. The van der Waals surface area contributed by atoms with Gasteiger partial charge in [-0.15, -0.1) is 0 Å². The van der Waals surface area contributed by atoms with Gasteiger partial charge in [-0.3, -0.25) is 4.79 Å². The number of carbonyl (C=O) groups is 1.